The summed E-state index contributed by atoms with van der Waals surface area (Å²) in [6.07, 6.45) is 0. The second-order valence-corrected chi connectivity index (χ2v) is 5.49. The molecule has 0 spiro atoms. The molecule has 3 N–H and O–H groups in total. The topological polar surface area (TPSA) is 181 Å². The zero-order valence-electron chi connectivity index (χ0n) is 15.6. The average molecular weight is 467 g/mol. The quantitative estimate of drug-likeness (QED) is 0.479. The van der Waals surface area contributed by atoms with Crippen molar-refractivity contribution in [2.75, 3.05) is 0 Å². The molecule has 3 aromatic carbocycles. The summed E-state index contributed by atoms with van der Waals surface area (Å²) in [7, 11) is 0. The van der Waals surface area contributed by atoms with Gasteiger partial charge in [-0.1, -0.05) is 36.4 Å². The third-order valence-corrected chi connectivity index (χ3v) is 3.30. The molecule has 31 heavy (non-hydrogen) atoms. The van der Waals surface area contributed by atoms with E-state index in [2.05, 4.69) is 0 Å². The molecule has 0 saturated heterocycles. The minimum Gasteiger partial charge on any atom is -0.872 e. The van der Waals surface area contributed by atoms with E-state index in [1.54, 1.807) is 0 Å². The van der Waals surface area contributed by atoms with E-state index in [0.29, 0.717) is 0 Å². The molecule has 0 unspecified atom stereocenters. The van der Waals surface area contributed by atoms with Gasteiger partial charge in [0.25, 0.3) is 0 Å². The fourth-order valence-electron chi connectivity index (χ4n) is 1.79. The summed E-state index contributed by atoms with van der Waals surface area (Å²) >= 11 is 0. The van der Waals surface area contributed by atoms with E-state index in [-0.39, 0.29) is 51.0 Å². The molecule has 0 saturated carbocycles. The van der Waals surface area contributed by atoms with E-state index >= 15 is 0 Å². The molecule has 0 amide bonds. The summed E-state index contributed by atoms with van der Waals surface area (Å²) in [5, 5.41) is 56.5. The average Bonchev–Trinajstić information content (AvgIpc) is 2.70. The van der Waals surface area contributed by atoms with Gasteiger partial charge in [0.05, 0.1) is 16.7 Å². The second kappa shape index (κ2) is 13.3. The standard InChI is InChI=1S/3C7H6O3.Fe/c3*8-6-3-1-5(2-4-6)7(9)10;/h3*1-4,8H,(H,9,10);/q;;;+3/p-3. The Morgan fingerprint density at radius 2 is 0.613 bits per heavy atom. The molecule has 0 fully saturated rings. The Balaban J connectivity index is 0.000000429. The fourth-order valence-corrected chi connectivity index (χ4v) is 1.79. The van der Waals surface area contributed by atoms with Crippen LogP contribution < -0.4 is 15.3 Å². The van der Waals surface area contributed by atoms with E-state index in [1.165, 1.54) is 72.8 Å². The van der Waals surface area contributed by atoms with Crippen molar-refractivity contribution in [1.29, 1.82) is 0 Å². The van der Waals surface area contributed by atoms with Gasteiger partial charge in [-0.25, -0.2) is 14.4 Å². The Morgan fingerprint density at radius 1 is 0.452 bits per heavy atom. The van der Waals surface area contributed by atoms with Gasteiger partial charge in [-0.2, -0.15) is 0 Å². The van der Waals surface area contributed by atoms with Crippen LogP contribution in [0.3, 0.4) is 0 Å². The molecule has 1 radical (unpaired) electrons. The molecule has 0 heterocycles. The van der Waals surface area contributed by atoms with E-state index in [0.717, 1.165) is 0 Å². The molecular weight excluding hydrogens is 452 g/mol. The predicted molar refractivity (Wildman–Crippen MR) is 98.5 cm³/mol. The number of carbonyl (C=O) groups is 3. The minimum atomic E-state index is -1.01. The molecule has 0 aromatic heterocycles. The van der Waals surface area contributed by atoms with Crippen molar-refractivity contribution < 1.29 is 62.1 Å². The van der Waals surface area contributed by atoms with Crippen molar-refractivity contribution in [3.05, 3.63) is 89.5 Å². The fraction of sp³-hybridized carbons (Fsp3) is 0. The number of aromatic carboxylic acids is 3. The molecule has 0 bridgehead atoms. The maximum Gasteiger partial charge on any atom is 3.00 e. The van der Waals surface area contributed by atoms with Gasteiger partial charge in [-0.05, 0) is 36.4 Å². The minimum absolute atomic E-state index is 0. The Kier molecular flexibility index (Phi) is 11.5. The first-order valence-electron chi connectivity index (χ1n) is 8.11. The van der Waals surface area contributed by atoms with Crippen LogP contribution in [0.4, 0.5) is 0 Å². The molecule has 3 aromatic rings. The van der Waals surface area contributed by atoms with Gasteiger partial charge in [-0.3, -0.25) is 0 Å². The predicted octanol–water partition coefficient (Wildman–Crippen LogP) is 1.37. The van der Waals surface area contributed by atoms with Crippen molar-refractivity contribution in [2.24, 2.45) is 0 Å². The van der Waals surface area contributed by atoms with Crippen molar-refractivity contribution >= 4 is 17.9 Å². The number of hydrogen-bond acceptors (Lipinski definition) is 6. The van der Waals surface area contributed by atoms with Gasteiger partial charge in [0, 0.05) is 0 Å². The van der Waals surface area contributed by atoms with Crippen molar-refractivity contribution in [3.8, 4) is 17.2 Å². The number of carboxylic acid groups (broad SMARTS) is 3. The van der Waals surface area contributed by atoms with Crippen molar-refractivity contribution in [3.63, 3.8) is 0 Å². The molecule has 161 valence electrons. The van der Waals surface area contributed by atoms with Gasteiger partial charge in [0.1, 0.15) is 0 Å². The van der Waals surface area contributed by atoms with Crippen LogP contribution in [0.1, 0.15) is 31.1 Å². The van der Waals surface area contributed by atoms with Crippen molar-refractivity contribution in [2.45, 2.75) is 0 Å². The van der Waals surface area contributed by atoms with E-state index in [1.807, 2.05) is 0 Å². The van der Waals surface area contributed by atoms with Gasteiger partial charge in [-0.15, -0.1) is 17.2 Å². The number of carboxylic acids is 3. The number of rotatable bonds is 3. The monoisotopic (exact) mass is 467 g/mol. The first-order chi connectivity index (χ1) is 14.1. The molecule has 0 aliphatic rings. The van der Waals surface area contributed by atoms with E-state index in [9.17, 15) is 29.7 Å². The summed E-state index contributed by atoms with van der Waals surface area (Å²) in [6, 6.07) is 15.0. The van der Waals surface area contributed by atoms with Crippen LogP contribution >= 0.6 is 0 Å². The number of benzene rings is 3. The molecule has 3 rings (SSSR count). The van der Waals surface area contributed by atoms with Crippen LogP contribution in [-0.2, 0) is 17.1 Å². The summed E-state index contributed by atoms with van der Waals surface area (Å²) < 4.78 is 0. The van der Waals surface area contributed by atoms with Crippen LogP contribution in [-0.4, -0.2) is 33.2 Å². The third kappa shape index (κ3) is 10.4. The van der Waals surface area contributed by atoms with Crippen LogP contribution in [0.5, 0.6) is 17.2 Å². The van der Waals surface area contributed by atoms with Crippen LogP contribution in [0, 0.1) is 0 Å². The summed E-state index contributed by atoms with van der Waals surface area (Å²) in [4.78, 5) is 30.6. The Morgan fingerprint density at radius 3 is 0.742 bits per heavy atom. The maximum absolute atomic E-state index is 10.5. The van der Waals surface area contributed by atoms with Crippen LogP contribution in [0.2, 0.25) is 0 Å². The zero-order chi connectivity index (χ0) is 22.7. The molecule has 9 nitrogen and oxygen atoms in total. The summed E-state index contributed by atoms with van der Waals surface area (Å²) in [5.41, 5.74) is 0.416. The molecular formula is C21H15FeO9. The first kappa shape index (κ1) is 27.0. The molecule has 10 heteroatoms. The summed E-state index contributed by atoms with van der Waals surface area (Å²) in [5.74, 6) is -3.57. The van der Waals surface area contributed by atoms with Crippen LogP contribution in [0.25, 0.3) is 0 Å². The Bertz CT molecular complexity index is 851. The second-order valence-electron chi connectivity index (χ2n) is 5.49. The first-order valence-corrected chi connectivity index (χ1v) is 8.11. The zero-order valence-corrected chi connectivity index (χ0v) is 16.7. The van der Waals surface area contributed by atoms with Gasteiger partial charge in [0.15, 0.2) is 0 Å². The number of hydrogen-bond donors (Lipinski definition) is 3. The Labute approximate surface area is 186 Å². The molecule has 0 atom stereocenters. The van der Waals surface area contributed by atoms with Gasteiger partial charge >= 0.3 is 35.0 Å². The largest absolute Gasteiger partial charge is 3.00 e. The molecule has 0 aliphatic carbocycles. The Hall–Kier alpha value is -4.01. The van der Waals surface area contributed by atoms with Gasteiger partial charge in [0.2, 0.25) is 0 Å². The normalized spacial score (nSPS) is 8.90. The van der Waals surface area contributed by atoms with Gasteiger partial charge < -0.3 is 30.6 Å². The van der Waals surface area contributed by atoms with E-state index in [4.69, 9.17) is 15.3 Å². The third-order valence-electron chi connectivity index (χ3n) is 3.30. The maximum atomic E-state index is 10.5. The van der Waals surface area contributed by atoms with Crippen molar-refractivity contribution in [1.82, 2.24) is 0 Å². The smallest absolute Gasteiger partial charge is 0.872 e. The van der Waals surface area contributed by atoms with Crippen LogP contribution in [0.15, 0.2) is 72.8 Å². The summed E-state index contributed by atoms with van der Waals surface area (Å²) in [6.45, 7) is 0. The van der Waals surface area contributed by atoms with E-state index < -0.39 is 17.9 Å². The SMILES string of the molecule is O=C(O)c1ccc([O-])cc1.O=C(O)c1ccc([O-])cc1.O=C(O)c1ccc([O-])cc1.[Fe+3]. The molecule has 0 aliphatic heterocycles.